The summed E-state index contributed by atoms with van der Waals surface area (Å²) >= 11 is 12.6. The second-order valence-corrected chi connectivity index (χ2v) is 9.96. The maximum atomic E-state index is 13.7. The van der Waals surface area contributed by atoms with Gasteiger partial charge in [0.05, 0.1) is 0 Å². The molecule has 0 bridgehead atoms. The highest BCUT2D eigenvalue weighted by Crippen LogP contribution is 2.25. The van der Waals surface area contributed by atoms with E-state index in [0.717, 1.165) is 16.7 Å². The predicted octanol–water partition coefficient (Wildman–Crippen LogP) is 6.40. The SMILES string of the molecule is Cc1ccc(CCC(=O)N(Cc2ccc(Cl)cc2Cl)[C@H](Cc2ccccc2)C(=O)NC(C)C)cc1. The highest BCUT2D eigenvalue weighted by molar-refractivity contribution is 6.35. The molecule has 0 fully saturated rings. The normalized spacial score (nSPS) is 11.8. The molecule has 0 radical (unpaired) electrons. The first-order valence-corrected chi connectivity index (χ1v) is 12.6. The number of halogens is 2. The van der Waals surface area contributed by atoms with Crippen molar-refractivity contribution in [3.05, 3.63) is 105 Å². The monoisotopic (exact) mass is 510 g/mol. The van der Waals surface area contributed by atoms with Gasteiger partial charge >= 0.3 is 0 Å². The first-order chi connectivity index (χ1) is 16.7. The van der Waals surface area contributed by atoms with Crippen molar-refractivity contribution >= 4 is 35.0 Å². The first-order valence-electron chi connectivity index (χ1n) is 11.9. The van der Waals surface area contributed by atoms with Crippen molar-refractivity contribution in [2.45, 2.75) is 58.7 Å². The van der Waals surface area contributed by atoms with Gasteiger partial charge < -0.3 is 10.2 Å². The number of hydrogen-bond acceptors (Lipinski definition) is 2. The summed E-state index contributed by atoms with van der Waals surface area (Å²) in [4.78, 5) is 28.7. The molecule has 6 heteroatoms. The first kappa shape index (κ1) is 26.8. The number of rotatable bonds is 10. The van der Waals surface area contributed by atoms with Crippen LogP contribution in [-0.4, -0.2) is 28.8 Å². The zero-order valence-electron chi connectivity index (χ0n) is 20.4. The average molecular weight is 511 g/mol. The molecule has 0 unspecified atom stereocenters. The minimum absolute atomic E-state index is 0.0515. The minimum Gasteiger partial charge on any atom is -0.352 e. The van der Waals surface area contributed by atoms with Gasteiger partial charge in [0.15, 0.2) is 0 Å². The van der Waals surface area contributed by atoms with E-state index in [1.54, 1.807) is 17.0 Å². The second-order valence-electron chi connectivity index (χ2n) is 9.11. The summed E-state index contributed by atoms with van der Waals surface area (Å²) in [6.07, 6.45) is 1.28. The van der Waals surface area contributed by atoms with Gasteiger partial charge in [-0.25, -0.2) is 0 Å². The number of carbonyl (C=O) groups is 2. The molecule has 0 aliphatic carbocycles. The van der Waals surface area contributed by atoms with E-state index in [9.17, 15) is 9.59 Å². The molecule has 0 saturated carbocycles. The Morgan fingerprint density at radius 1 is 0.914 bits per heavy atom. The molecule has 3 aromatic rings. The van der Waals surface area contributed by atoms with E-state index in [1.807, 2.05) is 81.4 Å². The lowest BCUT2D eigenvalue weighted by Crippen LogP contribution is -2.51. The zero-order valence-corrected chi connectivity index (χ0v) is 21.9. The highest BCUT2D eigenvalue weighted by Gasteiger charge is 2.31. The molecule has 0 aliphatic rings. The van der Waals surface area contributed by atoms with Crippen LogP contribution in [-0.2, 0) is 29.0 Å². The molecule has 0 heterocycles. The number of hydrogen-bond donors (Lipinski definition) is 1. The van der Waals surface area contributed by atoms with E-state index in [0.29, 0.717) is 22.9 Å². The lowest BCUT2D eigenvalue weighted by molar-refractivity contribution is -0.141. The molecule has 3 rings (SSSR count). The van der Waals surface area contributed by atoms with E-state index in [1.165, 1.54) is 5.56 Å². The third-order valence-corrected chi connectivity index (χ3v) is 6.39. The molecule has 4 nitrogen and oxygen atoms in total. The predicted molar refractivity (Wildman–Crippen MR) is 144 cm³/mol. The summed E-state index contributed by atoms with van der Waals surface area (Å²) in [7, 11) is 0. The summed E-state index contributed by atoms with van der Waals surface area (Å²) in [5.41, 5.74) is 3.98. The highest BCUT2D eigenvalue weighted by atomic mass is 35.5. The number of benzene rings is 3. The minimum atomic E-state index is -0.683. The summed E-state index contributed by atoms with van der Waals surface area (Å²) in [5.74, 6) is -0.283. The van der Waals surface area contributed by atoms with Gasteiger partial charge in [0.2, 0.25) is 11.8 Å². The van der Waals surface area contributed by atoms with Gasteiger partial charge in [0.1, 0.15) is 6.04 Å². The molecule has 0 aliphatic heterocycles. The molecule has 184 valence electrons. The van der Waals surface area contributed by atoms with Gasteiger partial charge in [0.25, 0.3) is 0 Å². The van der Waals surface area contributed by atoms with Crippen molar-refractivity contribution < 1.29 is 9.59 Å². The van der Waals surface area contributed by atoms with Crippen LogP contribution in [0.5, 0.6) is 0 Å². The lowest BCUT2D eigenvalue weighted by Gasteiger charge is -2.32. The third-order valence-electron chi connectivity index (χ3n) is 5.81. The van der Waals surface area contributed by atoms with Crippen molar-refractivity contribution in [1.82, 2.24) is 10.2 Å². The van der Waals surface area contributed by atoms with Crippen LogP contribution in [0.15, 0.2) is 72.8 Å². The van der Waals surface area contributed by atoms with Crippen molar-refractivity contribution in [1.29, 1.82) is 0 Å². The van der Waals surface area contributed by atoms with Crippen LogP contribution in [0.4, 0.5) is 0 Å². The van der Waals surface area contributed by atoms with Gasteiger partial charge in [-0.05, 0) is 56.0 Å². The van der Waals surface area contributed by atoms with Crippen molar-refractivity contribution in [2.75, 3.05) is 0 Å². The van der Waals surface area contributed by atoms with Crippen molar-refractivity contribution in [2.24, 2.45) is 0 Å². The van der Waals surface area contributed by atoms with Crippen LogP contribution in [0.2, 0.25) is 10.0 Å². The molecule has 35 heavy (non-hydrogen) atoms. The van der Waals surface area contributed by atoms with E-state index >= 15 is 0 Å². The molecular weight excluding hydrogens is 479 g/mol. The number of nitrogens with one attached hydrogen (secondary N) is 1. The Morgan fingerprint density at radius 2 is 1.60 bits per heavy atom. The number of aryl methyl sites for hydroxylation is 2. The molecule has 2 amide bonds. The molecule has 3 aromatic carbocycles. The standard InChI is InChI=1S/C29H32Cl2N2O2/c1-20(2)32-29(35)27(17-23-7-5-4-6-8-23)33(19-24-14-15-25(30)18-26(24)31)28(34)16-13-22-11-9-21(3)10-12-22/h4-12,14-15,18,20,27H,13,16-17,19H2,1-3H3,(H,32,35)/t27-/m1/s1. The maximum absolute atomic E-state index is 13.7. The Labute approximate surface area is 218 Å². The summed E-state index contributed by atoms with van der Waals surface area (Å²) < 4.78 is 0. The van der Waals surface area contributed by atoms with Crippen LogP contribution in [0.25, 0.3) is 0 Å². The average Bonchev–Trinajstić information content (AvgIpc) is 2.82. The van der Waals surface area contributed by atoms with Crippen LogP contribution >= 0.6 is 23.2 Å². The van der Waals surface area contributed by atoms with Crippen LogP contribution in [0.3, 0.4) is 0 Å². The quantitative estimate of drug-likeness (QED) is 0.343. The lowest BCUT2D eigenvalue weighted by atomic mass is 10.0. The fraction of sp³-hybridized carbons (Fsp3) is 0.310. The van der Waals surface area contributed by atoms with Crippen LogP contribution in [0.1, 0.15) is 42.5 Å². The fourth-order valence-electron chi connectivity index (χ4n) is 3.92. The molecule has 0 spiro atoms. The molecular formula is C29H32Cl2N2O2. The third kappa shape index (κ3) is 8.12. The molecule has 1 N–H and O–H groups in total. The molecule has 0 saturated heterocycles. The Bertz CT molecular complexity index is 1130. The maximum Gasteiger partial charge on any atom is 0.243 e. The van der Waals surface area contributed by atoms with E-state index < -0.39 is 6.04 Å². The van der Waals surface area contributed by atoms with Crippen molar-refractivity contribution in [3.63, 3.8) is 0 Å². The largest absolute Gasteiger partial charge is 0.352 e. The zero-order chi connectivity index (χ0) is 25.4. The smallest absolute Gasteiger partial charge is 0.243 e. The van der Waals surface area contributed by atoms with Gasteiger partial charge in [-0.1, -0.05) is 89.4 Å². The Kier molecular flexibility index (Phi) is 9.76. The Hall–Kier alpha value is -2.82. The van der Waals surface area contributed by atoms with Crippen molar-refractivity contribution in [3.8, 4) is 0 Å². The summed E-state index contributed by atoms with van der Waals surface area (Å²) in [6, 6.07) is 22.4. The molecule has 0 aromatic heterocycles. The van der Waals surface area contributed by atoms with E-state index in [-0.39, 0.29) is 30.8 Å². The van der Waals surface area contributed by atoms with Gasteiger partial charge in [-0.2, -0.15) is 0 Å². The van der Waals surface area contributed by atoms with Crippen LogP contribution in [0, 0.1) is 6.92 Å². The van der Waals surface area contributed by atoms with Gasteiger partial charge in [-0.3, -0.25) is 9.59 Å². The van der Waals surface area contributed by atoms with E-state index in [2.05, 4.69) is 5.32 Å². The van der Waals surface area contributed by atoms with E-state index in [4.69, 9.17) is 23.2 Å². The Balaban J connectivity index is 1.93. The topological polar surface area (TPSA) is 49.4 Å². The van der Waals surface area contributed by atoms with Gasteiger partial charge in [0, 0.05) is 35.5 Å². The number of amides is 2. The summed E-state index contributed by atoms with van der Waals surface area (Å²) in [5, 5.41) is 3.99. The summed E-state index contributed by atoms with van der Waals surface area (Å²) in [6.45, 7) is 6.08. The second kappa shape index (κ2) is 12.8. The molecule has 1 atom stereocenters. The number of carbonyl (C=O) groups excluding carboxylic acids is 2. The van der Waals surface area contributed by atoms with Gasteiger partial charge in [-0.15, -0.1) is 0 Å². The number of nitrogens with zero attached hydrogens (tertiary/aromatic N) is 1. The fourth-order valence-corrected chi connectivity index (χ4v) is 4.39. The van der Waals surface area contributed by atoms with Crippen LogP contribution < -0.4 is 5.32 Å². The Morgan fingerprint density at radius 3 is 2.23 bits per heavy atom.